The standard InChI is InChI=1S/C19H21BrN2O2/c1-19(2,3)15-6-4-5-7-16(15)22-18(24)12-17(23)21-14-10-8-13(20)9-11-14/h4-11H,12H2,1-3H3,(H,21,23)(H,22,24). The van der Waals surface area contributed by atoms with Crippen LogP contribution in [0.25, 0.3) is 0 Å². The second-order valence-electron chi connectivity index (χ2n) is 6.58. The van der Waals surface area contributed by atoms with E-state index in [2.05, 4.69) is 47.3 Å². The summed E-state index contributed by atoms with van der Waals surface area (Å²) in [6.07, 6.45) is -0.228. The van der Waals surface area contributed by atoms with Gasteiger partial charge in [0.15, 0.2) is 0 Å². The van der Waals surface area contributed by atoms with Crippen LogP contribution in [0.1, 0.15) is 32.8 Å². The van der Waals surface area contributed by atoms with Crippen LogP contribution < -0.4 is 10.6 Å². The van der Waals surface area contributed by atoms with Gasteiger partial charge in [-0.2, -0.15) is 0 Å². The van der Waals surface area contributed by atoms with Gasteiger partial charge >= 0.3 is 0 Å². The zero-order valence-corrected chi connectivity index (χ0v) is 15.6. The normalized spacial score (nSPS) is 11.0. The van der Waals surface area contributed by atoms with E-state index in [1.54, 1.807) is 12.1 Å². The van der Waals surface area contributed by atoms with Crippen LogP contribution in [0.5, 0.6) is 0 Å². The summed E-state index contributed by atoms with van der Waals surface area (Å²) in [4.78, 5) is 24.2. The summed E-state index contributed by atoms with van der Waals surface area (Å²) >= 11 is 3.33. The van der Waals surface area contributed by atoms with E-state index < -0.39 is 0 Å². The van der Waals surface area contributed by atoms with Gasteiger partial charge in [-0.3, -0.25) is 9.59 Å². The fourth-order valence-corrected chi connectivity index (χ4v) is 2.59. The lowest BCUT2D eigenvalue weighted by molar-refractivity contribution is -0.123. The van der Waals surface area contributed by atoms with Gasteiger partial charge in [-0.05, 0) is 41.3 Å². The first-order chi connectivity index (χ1) is 11.3. The van der Waals surface area contributed by atoms with Gasteiger partial charge in [0.1, 0.15) is 6.42 Å². The van der Waals surface area contributed by atoms with Gasteiger partial charge in [-0.25, -0.2) is 0 Å². The number of rotatable bonds is 4. The molecule has 24 heavy (non-hydrogen) atoms. The predicted molar refractivity (Wildman–Crippen MR) is 101 cm³/mol. The number of carbonyl (C=O) groups excluding carboxylic acids is 2. The SMILES string of the molecule is CC(C)(C)c1ccccc1NC(=O)CC(=O)Nc1ccc(Br)cc1. The van der Waals surface area contributed by atoms with Crippen molar-refractivity contribution in [2.75, 3.05) is 10.6 Å². The molecule has 4 nitrogen and oxygen atoms in total. The third-order valence-corrected chi connectivity index (χ3v) is 3.99. The molecule has 0 aliphatic rings. The fraction of sp³-hybridized carbons (Fsp3) is 0.263. The summed E-state index contributed by atoms with van der Waals surface area (Å²) in [6.45, 7) is 6.24. The molecule has 2 aromatic carbocycles. The van der Waals surface area contributed by atoms with E-state index in [9.17, 15) is 9.59 Å². The van der Waals surface area contributed by atoms with Gasteiger partial charge in [0.05, 0.1) is 0 Å². The lowest BCUT2D eigenvalue weighted by atomic mass is 9.86. The van der Waals surface area contributed by atoms with Gasteiger partial charge in [-0.15, -0.1) is 0 Å². The summed E-state index contributed by atoms with van der Waals surface area (Å²) in [5.41, 5.74) is 2.34. The molecule has 126 valence electrons. The number of anilines is 2. The van der Waals surface area contributed by atoms with Crippen molar-refractivity contribution in [2.24, 2.45) is 0 Å². The minimum absolute atomic E-state index is 0.0937. The Kier molecular flexibility index (Phi) is 5.78. The molecule has 5 heteroatoms. The Bertz CT molecular complexity index is 734. The van der Waals surface area contributed by atoms with E-state index in [1.807, 2.05) is 36.4 Å². The summed E-state index contributed by atoms with van der Waals surface area (Å²) < 4.78 is 0.928. The molecule has 0 atom stereocenters. The molecule has 0 aliphatic heterocycles. The van der Waals surface area contributed by atoms with Crippen molar-refractivity contribution in [3.05, 3.63) is 58.6 Å². The van der Waals surface area contributed by atoms with Crippen LogP contribution in [-0.2, 0) is 15.0 Å². The van der Waals surface area contributed by atoms with E-state index >= 15 is 0 Å². The molecule has 0 unspecified atom stereocenters. The molecule has 0 aliphatic carbocycles. The number of halogens is 1. The lowest BCUT2D eigenvalue weighted by Crippen LogP contribution is -2.23. The molecule has 2 N–H and O–H groups in total. The Morgan fingerprint density at radius 1 is 0.917 bits per heavy atom. The minimum Gasteiger partial charge on any atom is -0.326 e. The second-order valence-corrected chi connectivity index (χ2v) is 7.49. The van der Waals surface area contributed by atoms with E-state index in [1.165, 1.54) is 0 Å². The van der Waals surface area contributed by atoms with Crippen molar-refractivity contribution in [3.63, 3.8) is 0 Å². The van der Waals surface area contributed by atoms with Crippen molar-refractivity contribution < 1.29 is 9.59 Å². The third-order valence-electron chi connectivity index (χ3n) is 3.46. The topological polar surface area (TPSA) is 58.2 Å². The van der Waals surface area contributed by atoms with Crippen LogP contribution in [0.2, 0.25) is 0 Å². The van der Waals surface area contributed by atoms with Crippen molar-refractivity contribution in [1.29, 1.82) is 0 Å². The molecule has 0 radical (unpaired) electrons. The van der Waals surface area contributed by atoms with Crippen LogP contribution >= 0.6 is 15.9 Å². The number of nitrogens with one attached hydrogen (secondary N) is 2. The molecular weight excluding hydrogens is 368 g/mol. The maximum Gasteiger partial charge on any atom is 0.233 e. The number of hydrogen-bond donors (Lipinski definition) is 2. The quantitative estimate of drug-likeness (QED) is 0.744. The number of para-hydroxylation sites is 1. The monoisotopic (exact) mass is 388 g/mol. The predicted octanol–water partition coefficient (Wildman–Crippen LogP) is 4.71. The van der Waals surface area contributed by atoms with Gasteiger partial charge in [-0.1, -0.05) is 54.9 Å². The van der Waals surface area contributed by atoms with Gasteiger partial charge in [0.2, 0.25) is 11.8 Å². The second kappa shape index (κ2) is 7.62. The molecule has 0 fully saturated rings. The largest absolute Gasteiger partial charge is 0.326 e. The molecule has 0 saturated heterocycles. The van der Waals surface area contributed by atoms with Crippen molar-refractivity contribution in [3.8, 4) is 0 Å². The molecule has 2 aromatic rings. The van der Waals surface area contributed by atoms with Gasteiger partial charge < -0.3 is 10.6 Å². The summed E-state index contributed by atoms with van der Waals surface area (Å²) in [6, 6.07) is 14.8. The number of amides is 2. The number of carbonyl (C=O) groups is 2. The zero-order valence-electron chi connectivity index (χ0n) is 14.0. The lowest BCUT2D eigenvalue weighted by Gasteiger charge is -2.22. The first-order valence-electron chi connectivity index (χ1n) is 7.70. The van der Waals surface area contributed by atoms with Crippen LogP contribution in [0, 0.1) is 0 Å². The van der Waals surface area contributed by atoms with Gasteiger partial charge in [0.25, 0.3) is 0 Å². The Morgan fingerprint density at radius 2 is 1.50 bits per heavy atom. The molecule has 0 saturated carbocycles. The zero-order chi connectivity index (χ0) is 17.7. The fourth-order valence-electron chi connectivity index (χ4n) is 2.32. The molecule has 2 amide bonds. The van der Waals surface area contributed by atoms with Crippen molar-refractivity contribution in [1.82, 2.24) is 0 Å². The Morgan fingerprint density at radius 3 is 2.12 bits per heavy atom. The van der Waals surface area contributed by atoms with E-state index in [0.717, 1.165) is 15.7 Å². The molecular formula is C19H21BrN2O2. The van der Waals surface area contributed by atoms with E-state index in [4.69, 9.17) is 0 Å². The molecule has 0 heterocycles. The maximum absolute atomic E-state index is 12.2. The van der Waals surface area contributed by atoms with Crippen LogP contribution in [-0.4, -0.2) is 11.8 Å². The van der Waals surface area contributed by atoms with Crippen LogP contribution in [0.4, 0.5) is 11.4 Å². The molecule has 0 bridgehead atoms. The Hall–Kier alpha value is -2.14. The highest BCUT2D eigenvalue weighted by Gasteiger charge is 2.19. The summed E-state index contributed by atoms with van der Waals surface area (Å²) in [5.74, 6) is -0.677. The Balaban J connectivity index is 1.98. The average molecular weight is 389 g/mol. The van der Waals surface area contributed by atoms with Crippen molar-refractivity contribution >= 4 is 39.1 Å². The Labute approximate surface area is 150 Å². The van der Waals surface area contributed by atoms with E-state index in [-0.39, 0.29) is 23.7 Å². The minimum atomic E-state index is -0.344. The molecule has 0 aromatic heterocycles. The van der Waals surface area contributed by atoms with Gasteiger partial charge in [0, 0.05) is 15.8 Å². The van der Waals surface area contributed by atoms with E-state index in [0.29, 0.717) is 5.69 Å². The maximum atomic E-state index is 12.2. The van der Waals surface area contributed by atoms with Crippen molar-refractivity contribution in [2.45, 2.75) is 32.6 Å². The molecule has 0 spiro atoms. The number of benzene rings is 2. The summed E-state index contributed by atoms with van der Waals surface area (Å²) in [7, 11) is 0. The highest BCUT2D eigenvalue weighted by atomic mass is 79.9. The number of hydrogen-bond acceptors (Lipinski definition) is 2. The average Bonchev–Trinajstić information content (AvgIpc) is 2.49. The highest BCUT2D eigenvalue weighted by molar-refractivity contribution is 9.10. The smallest absolute Gasteiger partial charge is 0.233 e. The first-order valence-corrected chi connectivity index (χ1v) is 8.50. The molecule has 2 rings (SSSR count). The highest BCUT2D eigenvalue weighted by Crippen LogP contribution is 2.29. The van der Waals surface area contributed by atoms with Crippen LogP contribution in [0.15, 0.2) is 53.0 Å². The van der Waals surface area contributed by atoms with Crippen LogP contribution in [0.3, 0.4) is 0 Å². The third kappa shape index (κ3) is 5.20. The first kappa shape index (κ1) is 18.2. The summed E-state index contributed by atoms with van der Waals surface area (Å²) in [5, 5.41) is 5.55.